The predicted octanol–water partition coefficient (Wildman–Crippen LogP) is 10.2. The summed E-state index contributed by atoms with van der Waals surface area (Å²) in [6, 6.07) is 7.60. The maximum Gasteiger partial charge on any atom is 0.229 e. The molecular formula is C35H56Cl3N3O3S. The summed E-state index contributed by atoms with van der Waals surface area (Å²) < 4.78 is 18.8. The average molecular weight is 705 g/mol. The third kappa shape index (κ3) is 18.1. The first-order chi connectivity index (χ1) is 21.3. The van der Waals surface area contributed by atoms with E-state index in [1.165, 1.54) is 75.7 Å². The van der Waals surface area contributed by atoms with Crippen molar-refractivity contribution in [3.8, 4) is 0 Å². The van der Waals surface area contributed by atoms with Crippen molar-refractivity contribution >= 4 is 48.5 Å². The van der Waals surface area contributed by atoms with Crippen molar-refractivity contribution in [3.05, 3.63) is 64.2 Å². The van der Waals surface area contributed by atoms with Crippen molar-refractivity contribution in [2.45, 2.75) is 111 Å². The smallest absolute Gasteiger partial charge is 0.229 e. The lowest BCUT2D eigenvalue weighted by atomic mass is 9.74. The van der Waals surface area contributed by atoms with Crippen LogP contribution in [0.5, 0.6) is 0 Å². The Hall–Kier alpha value is -1.22. The summed E-state index contributed by atoms with van der Waals surface area (Å²) in [5.74, 6) is 1.69. The normalized spacial score (nSPS) is 21.3. The number of rotatable bonds is 9. The molecule has 2 aliphatic carbocycles. The molecule has 2 aromatic rings. The van der Waals surface area contributed by atoms with Crippen LogP contribution in [-0.4, -0.2) is 54.3 Å². The number of hydrogen-bond donors (Lipinski definition) is 1. The Morgan fingerprint density at radius 2 is 1.36 bits per heavy atom. The van der Waals surface area contributed by atoms with Crippen LogP contribution < -0.4 is 0 Å². The highest BCUT2D eigenvalue weighted by molar-refractivity contribution is 8.13. The summed E-state index contributed by atoms with van der Waals surface area (Å²) in [7, 11) is 1.31. The van der Waals surface area contributed by atoms with Crippen LogP contribution in [0.2, 0.25) is 10.3 Å². The molecule has 2 aliphatic rings. The molecule has 0 spiro atoms. The number of nitrogens with zero attached hydrogens (tertiary/aromatic N) is 3. The van der Waals surface area contributed by atoms with Gasteiger partial charge in [0.05, 0.1) is 11.9 Å². The van der Waals surface area contributed by atoms with Crippen molar-refractivity contribution in [1.29, 1.82) is 0 Å². The zero-order chi connectivity index (χ0) is 33.9. The average Bonchev–Trinajstić information content (AvgIpc) is 3.01. The molecule has 1 unspecified atom stereocenters. The lowest BCUT2D eigenvalue weighted by Gasteiger charge is -2.36. The molecule has 0 radical (unpaired) electrons. The molecule has 1 saturated carbocycles. The molecule has 1 atom stereocenters. The molecule has 2 aromatic heterocycles. The minimum Gasteiger partial charge on any atom is -0.385 e. The van der Waals surface area contributed by atoms with Gasteiger partial charge in [-0.3, -0.25) is 0 Å². The fraction of sp³-hybridized carbons (Fsp3) is 0.657. The number of aromatic nitrogens is 2. The molecule has 10 heteroatoms. The maximum absolute atomic E-state index is 10.6. The third-order valence-electron chi connectivity index (χ3n) is 8.55. The summed E-state index contributed by atoms with van der Waals surface area (Å²) in [5.41, 5.74) is 2.91. The van der Waals surface area contributed by atoms with Crippen molar-refractivity contribution < 1.29 is 13.5 Å². The van der Waals surface area contributed by atoms with Crippen LogP contribution in [0.3, 0.4) is 0 Å². The summed E-state index contributed by atoms with van der Waals surface area (Å²) in [6.45, 7) is 14.6. The van der Waals surface area contributed by atoms with Crippen LogP contribution in [-0.2, 0) is 14.7 Å². The van der Waals surface area contributed by atoms with Gasteiger partial charge in [0.1, 0.15) is 10.3 Å². The summed E-state index contributed by atoms with van der Waals surface area (Å²) in [6.07, 6.45) is 19.8. The van der Waals surface area contributed by atoms with Gasteiger partial charge in [-0.15, -0.1) is 0 Å². The number of aliphatic hydroxyl groups is 1. The molecule has 0 bridgehead atoms. The molecule has 0 aliphatic heterocycles. The van der Waals surface area contributed by atoms with Gasteiger partial charge in [-0.05, 0) is 99.7 Å². The van der Waals surface area contributed by atoms with Gasteiger partial charge in [0.15, 0.2) is 0 Å². The number of halogens is 3. The largest absolute Gasteiger partial charge is 0.385 e. The zero-order valence-corrected chi connectivity index (χ0v) is 31.3. The summed E-state index contributed by atoms with van der Waals surface area (Å²) in [4.78, 5) is 10.6. The van der Waals surface area contributed by atoms with Gasteiger partial charge in [0, 0.05) is 28.6 Å². The van der Waals surface area contributed by atoms with Crippen molar-refractivity contribution in [2.75, 3.05) is 25.9 Å². The second-order valence-electron chi connectivity index (χ2n) is 12.0. The van der Waals surface area contributed by atoms with Crippen LogP contribution in [0, 0.1) is 11.8 Å². The van der Waals surface area contributed by atoms with Crippen LogP contribution in [0.1, 0.15) is 116 Å². The Morgan fingerprint density at radius 3 is 1.73 bits per heavy atom. The standard InChI is InChI=1S/C14H20ClNO.C14H18ClN.C6H15N.CH3ClO2S/c1-2-3-11-6-8-14(17,9-7-11)12-4-5-13(15)16-10-12;1-2-3-11-4-6-12(7-5-11)13-8-9-14(15)16-10-13;1-4-7(5-2)6-3;1-5(2,3)4/h4-5,10-11,17H,2-3,6-9H2,1H3;6,8-11H,2-5,7H2,1H3;4-6H2,1-3H3;1H3. The Labute approximate surface area is 288 Å². The van der Waals surface area contributed by atoms with Crippen LogP contribution in [0.25, 0.3) is 5.57 Å². The van der Waals surface area contributed by atoms with E-state index in [4.69, 9.17) is 23.2 Å². The minimum atomic E-state index is -3.19. The second kappa shape index (κ2) is 22.4. The highest BCUT2D eigenvalue weighted by Gasteiger charge is 2.34. The van der Waals surface area contributed by atoms with E-state index in [1.54, 1.807) is 12.3 Å². The highest BCUT2D eigenvalue weighted by Crippen LogP contribution is 2.40. The van der Waals surface area contributed by atoms with Crippen LogP contribution in [0.15, 0.2) is 42.7 Å². The lowest BCUT2D eigenvalue weighted by molar-refractivity contribution is -0.0155. The first-order valence-electron chi connectivity index (χ1n) is 16.6. The summed E-state index contributed by atoms with van der Waals surface area (Å²) in [5, 5.41) is 11.7. The maximum atomic E-state index is 10.6. The zero-order valence-electron chi connectivity index (χ0n) is 28.2. The van der Waals surface area contributed by atoms with Crippen molar-refractivity contribution in [2.24, 2.45) is 11.8 Å². The quantitative estimate of drug-likeness (QED) is 0.207. The third-order valence-corrected chi connectivity index (χ3v) is 9.00. The molecule has 45 heavy (non-hydrogen) atoms. The Bertz CT molecular complexity index is 1180. The fourth-order valence-corrected chi connectivity index (χ4v) is 6.07. The van der Waals surface area contributed by atoms with Gasteiger partial charge in [0.2, 0.25) is 9.05 Å². The van der Waals surface area contributed by atoms with Crippen molar-refractivity contribution in [1.82, 2.24) is 14.9 Å². The first kappa shape index (κ1) is 41.8. The molecule has 1 fully saturated rings. The SMILES string of the molecule is CCCC1CC=C(c2ccc(Cl)nc2)CC1.CCCC1CCC(O)(c2ccc(Cl)nc2)CC1.CCN(CC)CC.CS(=O)(=O)Cl. The molecule has 0 aromatic carbocycles. The lowest BCUT2D eigenvalue weighted by Crippen LogP contribution is -2.31. The number of allylic oxidation sites excluding steroid dienone is 2. The molecule has 0 saturated heterocycles. The van der Waals surface area contributed by atoms with Gasteiger partial charge in [0.25, 0.3) is 0 Å². The minimum absolute atomic E-state index is 0.483. The van der Waals surface area contributed by atoms with E-state index in [2.05, 4.69) is 72.3 Å². The van der Waals surface area contributed by atoms with Gasteiger partial charge >= 0.3 is 0 Å². The van der Waals surface area contributed by atoms with E-state index in [9.17, 15) is 13.5 Å². The van der Waals surface area contributed by atoms with Gasteiger partial charge in [-0.1, -0.05) is 102 Å². The molecule has 0 amide bonds. The first-order valence-corrected chi connectivity index (χ1v) is 20.0. The van der Waals surface area contributed by atoms with Crippen molar-refractivity contribution in [3.63, 3.8) is 0 Å². The molecule has 1 N–H and O–H groups in total. The van der Waals surface area contributed by atoms with Gasteiger partial charge < -0.3 is 10.0 Å². The van der Waals surface area contributed by atoms with E-state index in [-0.39, 0.29) is 0 Å². The molecule has 6 nitrogen and oxygen atoms in total. The van der Waals surface area contributed by atoms with E-state index >= 15 is 0 Å². The van der Waals surface area contributed by atoms with E-state index in [0.717, 1.165) is 49.3 Å². The summed E-state index contributed by atoms with van der Waals surface area (Å²) >= 11 is 11.6. The second-order valence-corrected chi connectivity index (χ2v) is 15.8. The predicted molar refractivity (Wildman–Crippen MR) is 194 cm³/mol. The monoisotopic (exact) mass is 703 g/mol. The number of pyridine rings is 2. The Balaban J connectivity index is 0.000000335. The van der Waals surface area contributed by atoms with E-state index in [0.29, 0.717) is 10.3 Å². The van der Waals surface area contributed by atoms with Crippen LogP contribution in [0.4, 0.5) is 0 Å². The van der Waals surface area contributed by atoms with Gasteiger partial charge in [-0.2, -0.15) is 0 Å². The molecule has 4 rings (SSSR count). The Kier molecular flexibility index (Phi) is 20.8. The molecule has 2 heterocycles. The highest BCUT2D eigenvalue weighted by atomic mass is 35.7. The fourth-order valence-electron chi connectivity index (χ4n) is 5.85. The van der Waals surface area contributed by atoms with Gasteiger partial charge in [-0.25, -0.2) is 18.4 Å². The van der Waals surface area contributed by atoms with E-state index in [1.807, 2.05) is 18.3 Å². The van der Waals surface area contributed by atoms with E-state index < -0.39 is 14.7 Å². The molecular weight excluding hydrogens is 649 g/mol. The number of hydrogen-bond acceptors (Lipinski definition) is 6. The molecule has 256 valence electrons. The topological polar surface area (TPSA) is 83.4 Å². The van der Waals surface area contributed by atoms with Crippen LogP contribution >= 0.6 is 33.9 Å². The Morgan fingerprint density at radius 1 is 0.844 bits per heavy atom.